The van der Waals surface area contributed by atoms with E-state index >= 15 is 0 Å². The van der Waals surface area contributed by atoms with Crippen LogP contribution < -0.4 is 68.6 Å². The van der Waals surface area contributed by atoms with Gasteiger partial charge < -0.3 is 28.8 Å². The Kier molecular flexibility index (Phi) is 13.3. The molecule has 0 amide bonds. The smallest absolute Gasteiger partial charge is 0.759 e. The number of aromatic hydroxyl groups is 2. The first kappa shape index (κ1) is 28.4. The number of carbonyl (C=O) groups excluding carboxylic acids is 1. The third-order valence-electron chi connectivity index (χ3n) is 2.88. The van der Waals surface area contributed by atoms with Crippen LogP contribution in [0.2, 0.25) is 0 Å². The molecule has 9 nitrogen and oxygen atoms in total. The first-order valence-corrected chi connectivity index (χ1v) is 7.86. The van der Waals surface area contributed by atoms with Gasteiger partial charge in [0.1, 0.15) is 0 Å². The molecule has 0 radical (unpaired) electrons. The summed E-state index contributed by atoms with van der Waals surface area (Å²) in [6, 6.07) is 9.72. The number of hydrogen-bond donors (Lipinski definition) is 2. The van der Waals surface area contributed by atoms with Crippen molar-refractivity contribution < 1.29 is 101 Å². The second kappa shape index (κ2) is 12.6. The summed E-state index contributed by atoms with van der Waals surface area (Å²) in [7, 11) is -2.50. The molecule has 0 spiro atoms. The number of hydrogen-bond acceptors (Lipinski definition) is 9. The van der Waals surface area contributed by atoms with Crippen molar-refractivity contribution >= 4 is 16.2 Å². The van der Waals surface area contributed by atoms with Crippen LogP contribution in [0.25, 0.3) is 0 Å². The van der Waals surface area contributed by atoms with Gasteiger partial charge in [0.25, 0.3) is 0 Å². The van der Waals surface area contributed by atoms with Crippen LogP contribution in [0.1, 0.15) is 15.9 Å². The molecule has 0 unspecified atom stereocenters. The minimum atomic E-state index is -5.17. The van der Waals surface area contributed by atoms with Gasteiger partial charge in [0.2, 0.25) is 11.5 Å². The summed E-state index contributed by atoms with van der Waals surface area (Å²) >= 11 is 0. The minimum Gasteiger partial charge on any atom is -0.759 e. The van der Waals surface area contributed by atoms with E-state index in [2.05, 4.69) is 0 Å². The largest absolute Gasteiger partial charge is 1.00 e. The summed E-state index contributed by atoms with van der Waals surface area (Å²) < 4.78 is 44.2. The van der Waals surface area contributed by atoms with Crippen molar-refractivity contribution in [3.8, 4) is 23.0 Å². The van der Waals surface area contributed by atoms with E-state index in [1.807, 2.05) is 0 Å². The van der Waals surface area contributed by atoms with Crippen LogP contribution in [0, 0.1) is 0 Å². The summed E-state index contributed by atoms with van der Waals surface area (Å²) in [6.45, 7) is 0. The van der Waals surface area contributed by atoms with Crippen molar-refractivity contribution in [1.82, 2.24) is 0 Å². The average molecular weight is 416 g/mol. The zero-order valence-electron chi connectivity index (χ0n) is 15.1. The van der Waals surface area contributed by atoms with E-state index in [4.69, 9.17) is 27.0 Å². The SMILES string of the molecule is COc1c(C(=O)c2ccccc2)cc(O)c(O)c1OC.O=S(=O)([O-])[O-].[Na+].[Na+]. The monoisotopic (exact) mass is 416 g/mol. The molecule has 2 rings (SSSR count). The van der Waals surface area contributed by atoms with Gasteiger partial charge in [-0.1, -0.05) is 30.3 Å². The summed E-state index contributed by atoms with van der Waals surface area (Å²) in [4.78, 5) is 12.4. The Hall–Kier alpha value is -0.820. The number of ether oxygens (including phenoxy) is 2. The molecule has 0 aliphatic rings. The summed E-state index contributed by atoms with van der Waals surface area (Å²) in [5.74, 6) is -1.24. The molecular formula is C15H14Na2O9S. The Morgan fingerprint density at radius 3 is 1.81 bits per heavy atom. The summed E-state index contributed by atoms with van der Waals surface area (Å²) in [5, 5.41) is 19.4. The molecule has 0 bridgehead atoms. The maximum Gasteiger partial charge on any atom is 1.00 e. The second-order valence-corrected chi connectivity index (χ2v) is 5.28. The third-order valence-corrected chi connectivity index (χ3v) is 2.88. The van der Waals surface area contributed by atoms with Crippen molar-refractivity contribution in [3.05, 3.63) is 47.5 Å². The average Bonchev–Trinajstić information content (AvgIpc) is 2.55. The molecule has 2 aromatic carbocycles. The fourth-order valence-corrected chi connectivity index (χ4v) is 1.92. The van der Waals surface area contributed by atoms with E-state index in [9.17, 15) is 15.0 Å². The van der Waals surface area contributed by atoms with Crippen LogP contribution in [-0.2, 0) is 10.4 Å². The van der Waals surface area contributed by atoms with Crippen molar-refractivity contribution in [2.75, 3.05) is 14.2 Å². The number of phenolic OH excluding ortho intramolecular Hbond substituents is 2. The Labute approximate surface area is 200 Å². The zero-order valence-corrected chi connectivity index (χ0v) is 19.9. The Bertz CT molecular complexity index is 847. The molecule has 2 N–H and O–H groups in total. The van der Waals surface area contributed by atoms with Crippen LogP contribution in [-0.4, -0.2) is 47.7 Å². The predicted octanol–water partition coefficient (Wildman–Crippen LogP) is -4.98. The fourth-order valence-electron chi connectivity index (χ4n) is 1.92. The van der Waals surface area contributed by atoms with E-state index in [1.165, 1.54) is 14.2 Å². The van der Waals surface area contributed by atoms with Crippen LogP contribution in [0.3, 0.4) is 0 Å². The maximum absolute atomic E-state index is 12.4. The number of rotatable bonds is 4. The normalized spacial score (nSPS) is 9.63. The summed E-state index contributed by atoms with van der Waals surface area (Å²) in [5.41, 5.74) is 0.559. The summed E-state index contributed by atoms with van der Waals surface area (Å²) in [6.07, 6.45) is 0. The van der Waals surface area contributed by atoms with Crippen LogP contribution in [0.4, 0.5) is 0 Å². The van der Waals surface area contributed by atoms with Crippen molar-refractivity contribution in [2.45, 2.75) is 0 Å². The van der Waals surface area contributed by atoms with Crippen molar-refractivity contribution in [2.24, 2.45) is 0 Å². The molecule has 0 atom stereocenters. The van der Waals surface area contributed by atoms with Crippen molar-refractivity contribution in [3.63, 3.8) is 0 Å². The Balaban J connectivity index is 0. The third kappa shape index (κ3) is 8.81. The number of phenols is 2. The van der Waals surface area contributed by atoms with Gasteiger partial charge in [-0.2, -0.15) is 0 Å². The van der Waals surface area contributed by atoms with Gasteiger partial charge in [-0.25, -0.2) is 0 Å². The molecular weight excluding hydrogens is 402 g/mol. The van der Waals surface area contributed by atoms with Crippen molar-refractivity contribution in [1.29, 1.82) is 0 Å². The minimum absolute atomic E-state index is 0. The fraction of sp³-hybridized carbons (Fsp3) is 0.133. The van der Waals surface area contributed by atoms with Gasteiger partial charge in [0, 0.05) is 16.0 Å². The van der Waals surface area contributed by atoms with E-state index in [1.54, 1.807) is 30.3 Å². The molecule has 0 fully saturated rings. The van der Waals surface area contributed by atoms with Gasteiger partial charge in [-0.15, -0.1) is 0 Å². The molecule has 0 aliphatic carbocycles. The Morgan fingerprint density at radius 2 is 1.41 bits per heavy atom. The first-order valence-electron chi connectivity index (χ1n) is 6.53. The van der Waals surface area contributed by atoms with Gasteiger partial charge in [-0.3, -0.25) is 13.2 Å². The predicted molar refractivity (Wildman–Crippen MR) is 83.2 cm³/mol. The molecule has 27 heavy (non-hydrogen) atoms. The van der Waals surface area contributed by atoms with Gasteiger partial charge in [-0.05, 0) is 6.07 Å². The van der Waals surface area contributed by atoms with Crippen LogP contribution >= 0.6 is 0 Å². The van der Waals surface area contributed by atoms with Crippen LogP contribution in [0.15, 0.2) is 36.4 Å². The number of carbonyl (C=O) groups is 1. The molecule has 0 heterocycles. The van der Waals surface area contributed by atoms with E-state index in [0.717, 1.165) is 6.07 Å². The molecule has 0 aromatic heterocycles. The Morgan fingerprint density at radius 1 is 0.963 bits per heavy atom. The molecule has 136 valence electrons. The number of methoxy groups -OCH3 is 2. The van der Waals surface area contributed by atoms with Crippen LogP contribution in [0.5, 0.6) is 23.0 Å². The number of ketones is 1. The van der Waals surface area contributed by atoms with Gasteiger partial charge >= 0.3 is 59.1 Å². The van der Waals surface area contributed by atoms with E-state index in [0.29, 0.717) is 5.56 Å². The maximum atomic E-state index is 12.4. The second-order valence-electron chi connectivity index (χ2n) is 4.46. The number of benzene rings is 2. The molecule has 12 heteroatoms. The molecule has 0 aliphatic heterocycles. The van der Waals surface area contributed by atoms with Gasteiger partial charge in [0.15, 0.2) is 17.3 Å². The first-order chi connectivity index (χ1) is 11.6. The van der Waals surface area contributed by atoms with E-state index < -0.39 is 21.9 Å². The van der Waals surface area contributed by atoms with E-state index in [-0.39, 0.29) is 82.0 Å². The quantitative estimate of drug-likeness (QED) is 0.164. The molecule has 0 saturated carbocycles. The molecule has 0 saturated heterocycles. The zero-order chi connectivity index (χ0) is 19.2. The van der Waals surface area contributed by atoms with Gasteiger partial charge in [0.05, 0.1) is 19.8 Å². The topological polar surface area (TPSA) is 156 Å². The standard InChI is InChI=1S/C15H14O5.2Na.H2O4S/c1-19-14-10(8-11(16)13(18)15(14)20-2)12(17)9-6-4-3-5-7-9;;;1-5(2,3)4/h3-8,16,18H,1-2H3;;;(H2,1,2,3,4)/q;2*+1;/p-2. The molecule has 2 aromatic rings.